The van der Waals surface area contributed by atoms with Crippen molar-refractivity contribution in [2.75, 3.05) is 18.4 Å². The number of urea groups is 1. The van der Waals surface area contributed by atoms with Crippen LogP contribution in [0.1, 0.15) is 28.2 Å². The normalized spacial score (nSPS) is 15.6. The summed E-state index contributed by atoms with van der Waals surface area (Å²) in [7, 11) is 1.71. The molecule has 9 nitrogen and oxygen atoms in total. The van der Waals surface area contributed by atoms with E-state index in [4.69, 9.17) is 0 Å². The number of likely N-dealkylation sites (tertiary alicyclic amines) is 1. The second-order valence-corrected chi connectivity index (χ2v) is 6.96. The van der Waals surface area contributed by atoms with Gasteiger partial charge in [-0.05, 0) is 12.8 Å². The molecule has 0 unspecified atom stereocenters. The van der Waals surface area contributed by atoms with Crippen molar-refractivity contribution in [1.29, 1.82) is 0 Å². The van der Waals surface area contributed by atoms with Crippen molar-refractivity contribution >= 4 is 28.4 Å². The predicted octanol–water partition coefficient (Wildman–Crippen LogP) is 1.72. The number of hydrogen-bond donors (Lipinski definition) is 2. The van der Waals surface area contributed by atoms with Crippen molar-refractivity contribution in [3.8, 4) is 0 Å². The van der Waals surface area contributed by atoms with Crippen molar-refractivity contribution in [3.63, 3.8) is 0 Å². The van der Waals surface area contributed by atoms with Gasteiger partial charge in [0.15, 0.2) is 0 Å². The van der Waals surface area contributed by atoms with E-state index in [0.29, 0.717) is 31.5 Å². The highest BCUT2D eigenvalue weighted by atomic mass is 32.1. The summed E-state index contributed by atoms with van der Waals surface area (Å²) in [6, 6.07) is -0.642. The van der Waals surface area contributed by atoms with E-state index >= 15 is 0 Å². The zero-order valence-corrected chi connectivity index (χ0v) is 15.0. The molecule has 0 aromatic carbocycles. The first-order valence-corrected chi connectivity index (χ1v) is 8.80. The molecule has 146 valence electrons. The average molecular weight is 403 g/mol. The number of anilines is 1. The Morgan fingerprint density at radius 2 is 1.96 bits per heavy atom. The van der Waals surface area contributed by atoms with Gasteiger partial charge in [0.1, 0.15) is 0 Å². The zero-order valence-electron chi connectivity index (χ0n) is 14.2. The molecular weight excluding hydrogens is 387 g/mol. The molecule has 1 aliphatic rings. The minimum atomic E-state index is -4.59. The van der Waals surface area contributed by atoms with Crippen LogP contribution in [0.5, 0.6) is 0 Å². The second-order valence-electron chi connectivity index (χ2n) is 5.98. The van der Waals surface area contributed by atoms with E-state index in [2.05, 4.69) is 25.9 Å². The number of rotatable bonds is 3. The summed E-state index contributed by atoms with van der Waals surface area (Å²) in [5.41, 5.74) is 0.453. The van der Waals surface area contributed by atoms with Gasteiger partial charge in [-0.25, -0.2) is 4.79 Å². The molecule has 2 N–H and O–H groups in total. The minimum Gasteiger partial charge on any atom is -0.349 e. The molecule has 0 bridgehead atoms. The lowest BCUT2D eigenvalue weighted by Gasteiger charge is -2.32. The van der Waals surface area contributed by atoms with Crippen LogP contribution in [0.3, 0.4) is 0 Å². The Bertz CT molecular complexity index is 827. The summed E-state index contributed by atoms with van der Waals surface area (Å²) >= 11 is 0.270. The van der Waals surface area contributed by atoms with Gasteiger partial charge < -0.3 is 10.2 Å². The molecule has 0 spiro atoms. The highest BCUT2D eigenvalue weighted by Crippen LogP contribution is 2.33. The Hall–Kier alpha value is -2.70. The first-order chi connectivity index (χ1) is 12.7. The minimum absolute atomic E-state index is 0.0971. The maximum Gasteiger partial charge on any atom is 0.445 e. The van der Waals surface area contributed by atoms with Crippen molar-refractivity contribution in [3.05, 3.63) is 23.0 Å². The van der Waals surface area contributed by atoms with Crippen LogP contribution in [0.25, 0.3) is 0 Å². The number of halogens is 3. The monoisotopic (exact) mass is 403 g/mol. The van der Waals surface area contributed by atoms with Crippen molar-refractivity contribution in [2.24, 2.45) is 7.05 Å². The third-order valence-corrected chi connectivity index (χ3v) is 4.85. The molecule has 0 aliphatic carbocycles. The van der Waals surface area contributed by atoms with Crippen LogP contribution in [0, 0.1) is 0 Å². The Balaban J connectivity index is 1.48. The zero-order chi connectivity index (χ0) is 19.6. The molecule has 1 saturated heterocycles. The van der Waals surface area contributed by atoms with Gasteiger partial charge in [-0.1, -0.05) is 11.3 Å². The maximum absolute atomic E-state index is 12.5. The van der Waals surface area contributed by atoms with E-state index in [1.54, 1.807) is 13.2 Å². The molecule has 0 radical (unpaired) electrons. The van der Waals surface area contributed by atoms with Crippen molar-refractivity contribution in [2.45, 2.75) is 25.1 Å². The number of aromatic nitrogens is 4. The molecule has 0 atom stereocenters. The lowest BCUT2D eigenvalue weighted by atomic mass is 10.1. The van der Waals surface area contributed by atoms with Crippen LogP contribution >= 0.6 is 11.3 Å². The van der Waals surface area contributed by atoms with E-state index in [9.17, 15) is 22.8 Å². The SMILES string of the molecule is Cn1cc(C(=O)NC2CCN(C(=O)Nc3nnc(C(F)(F)F)s3)CC2)cn1. The third kappa shape index (κ3) is 4.72. The highest BCUT2D eigenvalue weighted by molar-refractivity contribution is 7.15. The fourth-order valence-electron chi connectivity index (χ4n) is 2.59. The van der Waals surface area contributed by atoms with E-state index in [1.165, 1.54) is 15.8 Å². The van der Waals surface area contributed by atoms with Gasteiger partial charge in [0.25, 0.3) is 5.91 Å². The van der Waals surface area contributed by atoms with Crippen LogP contribution < -0.4 is 10.6 Å². The summed E-state index contributed by atoms with van der Waals surface area (Å²) in [6.45, 7) is 0.712. The first-order valence-electron chi connectivity index (χ1n) is 7.98. The molecule has 3 rings (SSSR count). The Kier molecular flexibility index (Phi) is 5.30. The lowest BCUT2D eigenvalue weighted by molar-refractivity contribution is -0.138. The van der Waals surface area contributed by atoms with Gasteiger partial charge in [0.2, 0.25) is 10.1 Å². The molecule has 1 aliphatic heterocycles. The van der Waals surface area contributed by atoms with Gasteiger partial charge >= 0.3 is 12.2 Å². The molecule has 2 aromatic heterocycles. The fraction of sp³-hybridized carbons (Fsp3) is 0.500. The first kappa shape index (κ1) is 19.1. The molecule has 13 heteroatoms. The Morgan fingerprint density at radius 1 is 1.26 bits per heavy atom. The smallest absolute Gasteiger partial charge is 0.349 e. The topological polar surface area (TPSA) is 105 Å². The number of hydrogen-bond acceptors (Lipinski definition) is 6. The van der Waals surface area contributed by atoms with Gasteiger partial charge in [0.05, 0.1) is 11.8 Å². The van der Waals surface area contributed by atoms with E-state index < -0.39 is 17.2 Å². The number of carbonyl (C=O) groups is 2. The quantitative estimate of drug-likeness (QED) is 0.812. The van der Waals surface area contributed by atoms with Gasteiger partial charge in [-0.15, -0.1) is 10.2 Å². The summed E-state index contributed by atoms with van der Waals surface area (Å²) < 4.78 is 39.1. The fourth-order valence-corrected chi connectivity index (χ4v) is 3.19. The largest absolute Gasteiger partial charge is 0.445 e. The van der Waals surface area contributed by atoms with Crippen LogP contribution in [-0.4, -0.2) is 55.9 Å². The van der Waals surface area contributed by atoms with Crippen LogP contribution in [0.15, 0.2) is 12.4 Å². The number of nitrogens with one attached hydrogen (secondary N) is 2. The number of piperidine rings is 1. The number of nitrogens with zero attached hydrogens (tertiary/aromatic N) is 5. The van der Waals surface area contributed by atoms with Gasteiger partial charge in [-0.3, -0.25) is 14.8 Å². The molecular formula is C14H16F3N7O2S. The Morgan fingerprint density at radius 3 is 2.52 bits per heavy atom. The molecule has 27 heavy (non-hydrogen) atoms. The summed E-state index contributed by atoms with van der Waals surface area (Å²) in [5, 5.41) is 14.2. The van der Waals surface area contributed by atoms with E-state index in [-0.39, 0.29) is 28.4 Å². The molecule has 0 saturated carbocycles. The highest BCUT2D eigenvalue weighted by Gasteiger charge is 2.36. The number of alkyl halides is 3. The number of amides is 3. The molecule has 2 aromatic rings. The van der Waals surface area contributed by atoms with Crippen LogP contribution in [0.2, 0.25) is 0 Å². The second kappa shape index (κ2) is 7.50. The van der Waals surface area contributed by atoms with Crippen LogP contribution in [-0.2, 0) is 13.2 Å². The van der Waals surface area contributed by atoms with E-state index in [1.807, 2.05) is 0 Å². The van der Waals surface area contributed by atoms with Gasteiger partial charge in [-0.2, -0.15) is 18.3 Å². The van der Waals surface area contributed by atoms with Crippen LogP contribution in [0.4, 0.5) is 23.1 Å². The van der Waals surface area contributed by atoms with Crippen molar-refractivity contribution < 1.29 is 22.8 Å². The summed E-state index contributed by atoms with van der Waals surface area (Å²) in [6.07, 6.45) is -0.456. The molecule has 3 amide bonds. The maximum atomic E-state index is 12.5. The lowest BCUT2D eigenvalue weighted by Crippen LogP contribution is -2.47. The Labute approximate surface area is 155 Å². The summed E-state index contributed by atoms with van der Waals surface area (Å²) in [4.78, 5) is 25.7. The molecule has 3 heterocycles. The number of carbonyl (C=O) groups excluding carboxylic acids is 2. The third-order valence-electron chi connectivity index (χ3n) is 3.97. The average Bonchev–Trinajstić information content (AvgIpc) is 3.24. The summed E-state index contributed by atoms with van der Waals surface area (Å²) in [5.74, 6) is -0.237. The standard InChI is InChI=1S/C14H16F3N7O2S/c1-23-7-8(6-18-23)10(25)19-9-2-4-24(5-3-9)13(26)20-12-22-21-11(27-12)14(15,16)17/h6-7,9H,2-5H2,1H3,(H,19,25)(H,20,22,26). The van der Waals surface area contributed by atoms with E-state index in [0.717, 1.165) is 0 Å². The number of aryl methyl sites for hydroxylation is 1. The predicted molar refractivity (Wildman–Crippen MR) is 89.2 cm³/mol. The van der Waals surface area contributed by atoms with Crippen molar-refractivity contribution in [1.82, 2.24) is 30.2 Å². The van der Waals surface area contributed by atoms with Gasteiger partial charge in [0, 0.05) is 32.4 Å². The molecule has 1 fully saturated rings.